The zero-order valence-electron chi connectivity index (χ0n) is 10.2. The van der Waals surface area contributed by atoms with Crippen molar-refractivity contribution in [2.75, 3.05) is 0 Å². The average molecular weight is 231 g/mol. The number of carbonyl (C=O) groups is 1. The number of carbonyl (C=O) groups excluding carboxylic acids is 1. The monoisotopic (exact) mass is 231 g/mol. The average Bonchev–Trinajstić information content (AvgIpc) is 2.36. The highest BCUT2D eigenvalue weighted by Gasteiger charge is 2.27. The Morgan fingerprint density at radius 1 is 1.59 bits per heavy atom. The van der Waals surface area contributed by atoms with Gasteiger partial charge in [0, 0.05) is 6.54 Å². The zero-order valence-corrected chi connectivity index (χ0v) is 10.2. The fourth-order valence-electron chi connectivity index (χ4n) is 1.43. The summed E-state index contributed by atoms with van der Waals surface area (Å²) in [6.45, 7) is 4.20. The van der Waals surface area contributed by atoms with Gasteiger partial charge in [-0.15, -0.1) is 0 Å². The van der Waals surface area contributed by atoms with Gasteiger partial charge < -0.3 is 5.73 Å². The van der Waals surface area contributed by atoms with Gasteiger partial charge >= 0.3 is 0 Å². The van der Waals surface area contributed by atoms with Gasteiger partial charge in [0.2, 0.25) is 5.91 Å². The number of hydrogen-bond acceptors (Lipinski definition) is 3. The van der Waals surface area contributed by atoms with Crippen LogP contribution in [0.3, 0.4) is 0 Å². The summed E-state index contributed by atoms with van der Waals surface area (Å²) in [5.41, 5.74) is 6.22. The molecule has 0 heterocycles. The molecule has 0 spiro atoms. The lowest BCUT2D eigenvalue weighted by molar-refractivity contribution is -0.124. The Balaban J connectivity index is 2.73. The topological polar surface area (TPSA) is 78.9 Å². The molecule has 0 fully saturated rings. The van der Waals surface area contributed by atoms with E-state index in [-0.39, 0.29) is 5.91 Å². The molecule has 1 aromatic rings. The lowest BCUT2D eigenvalue weighted by Gasteiger charge is -2.26. The van der Waals surface area contributed by atoms with E-state index < -0.39 is 5.54 Å². The number of nitrogens with two attached hydrogens (primary N) is 1. The number of nitrogens with zero attached hydrogens (tertiary/aromatic N) is 1. The molecule has 0 bridgehead atoms. The maximum atomic E-state index is 11.3. The molecule has 0 aromatic heterocycles. The quantitative estimate of drug-likeness (QED) is 0.801. The van der Waals surface area contributed by atoms with Gasteiger partial charge in [-0.2, -0.15) is 5.26 Å². The molecule has 1 aromatic carbocycles. The minimum Gasteiger partial charge on any atom is -0.368 e. The lowest BCUT2D eigenvalue weighted by Crippen LogP contribution is -2.52. The van der Waals surface area contributed by atoms with Crippen molar-refractivity contribution in [2.45, 2.75) is 32.4 Å². The molecule has 3 N–H and O–H groups in total. The number of nitrogens with one attached hydrogen (secondary N) is 1. The maximum absolute atomic E-state index is 11.3. The van der Waals surface area contributed by atoms with Gasteiger partial charge in [0.05, 0.1) is 17.2 Å². The molecule has 0 aliphatic heterocycles. The van der Waals surface area contributed by atoms with Crippen molar-refractivity contribution in [1.29, 1.82) is 5.26 Å². The van der Waals surface area contributed by atoms with E-state index in [1.165, 1.54) is 0 Å². The first-order valence-electron chi connectivity index (χ1n) is 5.56. The second kappa shape index (κ2) is 5.46. The van der Waals surface area contributed by atoms with Crippen LogP contribution in [0.25, 0.3) is 0 Å². The zero-order chi connectivity index (χ0) is 12.9. The molecule has 4 nitrogen and oxygen atoms in total. The van der Waals surface area contributed by atoms with Crippen LogP contribution in [0.15, 0.2) is 24.3 Å². The van der Waals surface area contributed by atoms with Crippen LogP contribution in [-0.4, -0.2) is 11.4 Å². The Bertz CT molecular complexity index is 450. The second-order valence-corrected chi connectivity index (χ2v) is 4.22. The molecule has 0 aliphatic rings. The van der Waals surface area contributed by atoms with Crippen LogP contribution in [0.5, 0.6) is 0 Å². The Morgan fingerprint density at radius 3 is 2.82 bits per heavy atom. The van der Waals surface area contributed by atoms with Gasteiger partial charge in [-0.05, 0) is 31.0 Å². The summed E-state index contributed by atoms with van der Waals surface area (Å²) < 4.78 is 0. The molecular formula is C13H17N3O. The highest BCUT2D eigenvalue weighted by molar-refractivity contribution is 5.84. The van der Waals surface area contributed by atoms with Gasteiger partial charge in [0.15, 0.2) is 0 Å². The van der Waals surface area contributed by atoms with E-state index in [0.717, 1.165) is 5.56 Å². The molecule has 1 rings (SSSR count). The van der Waals surface area contributed by atoms with Crippen molar-refractivity contribution in [3.8, 4) is 6.07 Å². The number of primary amides is 1. The number of nitriles is 1. The van der Waals surface area contributed by atoms with Crippen LogP contribution in [0, 0.1) is 11.3 Å². The largest absolute Gasteiger partial charge is 0.368 e. The van der Waals surface area contributed by atoms with Gasteiger partial charge in [0.25, 0.3) is 0 Å². The smallest absolute Gasteiger partial charge is 0.237 e. The summed E-state index contributed by atoms with van der Waals surface area (Å²) in [7, 11) is 0. The molecule has 0 aliphatic carbocycles. The fraction of sp³-hybridized carbons (Fsp3) is 0.385. The minimum atomic E-state index is -0.706. The molecule has 1 amide bonds. The molecule has 1 atom stereocenters. The Kier molecular flexibility index (Phi) is 4.24. The van der Waals surface area contributed by atoms with Gasteiger partial charge in [-0.25, -0.2) is 0 Å². The molecule has 17 heavy (non-hydrogen) atoms. The van der Waals surface area contributed by atoms with Crippen molar-refractivity contribution >= 4 is 5.91 Å². The van der Waals surface area contributed by atoms with Crippen LogP contribution in [0.1, 0.15) is 31.4 Å². The maximum Gasteiger partial charge on any atom is 0.237 e. The van der Waals surface area contributed by atoms with E-state index in [0.29, 0.717) is 18.5 Å². The Hall–Kier alpha value is -1.86. The van der Waals surface area contributed by atoms with Crippen LogP contribution in [0.2, 0.25) is 0 Å². The first kappa shape index (κ1) is 13.2. The van der Waals surface area contributed by atoms with Gasteiger partial charge in [-0.1, -0.05) is 19.1 Å². The molecule has 4 heteroatoms. The van der Waals surface area contributed by atoms with Crippen LogP contribution in [0.4, 0.5) is 0 Å². The number of hydrogen-bond donors (Lipinski definition) is 2. The predicted octanol–water partition coefficient (Wildman–Crippen LogP) is 1.30. The summed E-state index contributed by atoms with van der Waals surface area (Å²) in [5.74, 6) is -0.364. The van der Waals surface area contributed by atoms with Crippen LogP contribution >= 0.6 is 0 Å². The van der Waals surface area contributed by atoms with E-state index in [4.69, 9.17) is 11.0 Å². The number of rotatable bonds is 5. The summed E-state index contributed by atoms with van der Waals surface area (Å²) >= 11 is 0. The third kappa shape index (κ3) is 3.30. The van der Waals surface area contributed by atoms with E-state index in [9.17, 15) is 4.79 Å². The standard InChI is InChI=1S/C13H17N3O/c1-3-13(2,12(15)17)16-9-11-6-4-5-10(7-11)8-14/h4-7,16H,3,9H2,1-2H3,(H2,15,17). The van der Waals surface area contributed by atoms with Gasteiger partial charge in [0.1, 0.15) is 0 Å². The molecule has 90 valence electrons. The Morgan fingerprint density at radius 2 is 2.29 bits per heavy atom. The molecule has 0 saturated heterocycles. The fourth-order valence-corrected chi connectivity index (χ4v) is 1.43. The third-order valence-electron chi connectivity index (χ3n) is 2.99. The van der Waals surface area contributed by atoms with Crippen molar-refractivity contribution in [3.05, 3.63) is 35.4 Å². The van der Waals surface area contributed by atoms with Crippen molar-refractivity contribution in [1.82, 2.24) is 5.32 Å². The third-order valence-corrected chi connectivity index (χ3v) is 2.99. The molecule has 1 unspecified atom stereocenters. The second-order valence-electron chi connectivity index (χ2n) is 4.22. The van der Waals surface area contributed by atoms with Crippen LogP contribution < -0.4 is 11.1 Å². The van der Waals surface area contributed by atoms with E-state index in [1.54, 1.807) is 19.1 Å². The summed E-state index contributed by atoms with van der Waals surface area (Å²) in [4.78, 5) is 11.3. The van der Waals surface area contributed by atoms with Gasteiger partial charge in [-0.3, -0.25) is 10.1 Å². The van der Waals surface area contributed by atoms with E-state index in [2.05, 4.69) is 11.4 Å². The highest BCUT2D eigenvalue weighted by atomic mass is 16.1. The van der Waals surface area contributed by atoms with E-state index >= 15 is 0 Å². The highest BCUT2D eigenvalue weighted by Crippen LogP contribution is 2.11. The van der Waals surface area contributed by atoms with Crippen molar-refractivity contribution in [3.63, 3.8) is 0 Å². The van der Waals surface area contributed by atoms with Crippen LogP contribution in [-0.2, 0) is 11.3 Å². The lowest BCUT2D eigenvalue weighted by atomic mass is 9.97. The summed E-state index contributed by atoms with van der Waals surface area (Å²) in [5, 5.41) is 11.9. The van der Waals surface area contributed by atoms with Crippen molar-refractivity contribution < 1.29 is 4.79 Å². The Labute approximate surface area is 101 Å². The molecular weight excluding hydrogens is 214 g/mol. The SMILES string of the molecule is CCC(C)(NCc1cccc(C#N)c1)C(N)=O. The summed E-state index contributed by atoms with van der Waals surface area (Å²) in [6.07, 6.45) is 0.625. The minimum absolute atomic E-state index is 0.364. The predicted molar refractivity (Wildman–Crippen MR) is 65.9 cm³/mol. The number of benzene rings is 1. The first-order chi connectivity index (χ1) is 8.01. The normalized spacial score (nSPS) is 13.7. The molecule has 0 saturated carbocycles. The first-order valence-corrected chi connectivity index (χ1v) is 5.56. The van der Waals surface area contributed by atoms with E-state index in [1.807, 2.05) is 19.1 Å². The number of amides is 1. The summed E-state index contributed by atoms with van der Waals surface area (Å²) in [6, 6.07) is 9.35. The van der Waals surface area contributed by atoms with Crippen molar-refractivity contribution in [2.24, 2.45) is 5.73 Å². The molecule has 0 radical (unpaired) electrons.